The molecule has 1 amide bonds. The minimum absolute atomic E-state index is 0.0341. The Morgan fingerprint density at radius 1 is 1.30 bits per heavy atom. The summed E-state index contributed by atoms with van der Waals surface area (Å²) in [5, 5.41) is 6.44. The van der Waals surface area contributed by atoms with Crippen LogP contribution in [0.2, 0.25) is 0 Å². The first-order valence-corrected chi connectivity index (χ1v) is 10.4. The van der Waals surface area contributed by atoms with E-state index in [2.05, 4.69) is 24.1 Å². The van der Waals surface area contributed by atoms with Crippen molar-refractivity contribution in [1.82, 2.24) is 9.88 Å². The maximum atomic E-state index is 12.8. The topological polar surface area (TPSA) is 63.7 Å². The van der Waals surface area contributed by atoms with Crippen LogP contribution >= 0.6 is 11.3 Å². The van der Waals surface area contributed by atoms with Gasteiger partial charge in [-0.15, -0.1) is 11.3 Å². The molecule has 0 aliphatic carbocycles. The third-order valence-corrected chi connectivity index (χ3v) is 6.00. The highest BCUT2D eigenvalue weighted by molar-refractivity contribution is 7.09. The molecule has 0 radical (unpaired) electrons. The Bertz CT molecular complexity index is 821. The monoisotopic (exact) mass is 387 g/mol. The zero-order chi connectivity index (χ0) is 18.8. The van der Waals surface area contributed by atoms with Crippen LogP contribution < -0.4 is 14.8 Å². The molecule has 1 aromatic heterocycles. The number of likely N-dealkylation sites (tertiary alicyclic amines) is 1. The Hall–Kier alpha value is -2.28. The number of carbonyl (C=O) groups is 1. The minimum Gasteiger partial charge on any atom is -0.486 e. The first-order chi connectivity index (χ1) is 13.1. The summed E-state index contributed by atoms with van der Waals surface area (Å²) in [6, 6.07) is 6.13. The van der Waals surface area contributed by atoms with E-state index in [1.54, 1.807) is 11.3 Å². The number of aromatic nitrogens is 1. The molecule has 7 heteroatoms. The number of amides is 1. The van der Waals surface area contributed by atoms with Crippen molar-refractivity contribution in [3.05, 3.63) is 34.3 Å². The van der Waals surface area contributed by atoms with Gasteiger partial charge >= 0.3 is 0 Å². The van der Waals surface area contributed by atoms with Gasteiger partial charge in [-0.25, -0.2) is 4.98 Å². The maximum Gasteiger partial charge on any atom is 0.273 e. The molecule has 144 valence electrons. The van der Waals surface area contributed by atoms with Crippen molar-refractivity contribution < 1.29 is 14.3 Å². The first-order valence-electron chi connectivity index (χ1n) is 9.51. The number of thiazole rings is 1. The van der Waals surface area contributed by atoms with Crippen LogP contribution in [0.15, 0.2) is 23.6 Å². The number of benzene rings is 1. The van der Waals surface area contributed by atoms with E-state index in [4.69, 9.17) is 9.47 Å². The van der Waals surface area contributed by atoms with Gasteiger partial charge in [0.05, 0.1) is 5.01 Å². The van der Waals surface area contributed by atoms with Gasteiger partial charge in [0.1, 0.15) is 18.9 Å². The van der Waals surface area contributed by atoms with E-state index >= 15 is 0 Å². The summed E-state index contributed by atoms with van der Waals surface area (Å²) >= 11 is 1.57. The van der Waals surface area contributed by atoms with Gasteiger partial charge in [0.15, 0.2) is 11.5 Å². The van der Waals surface area contributed by atoms with Gasteiger partial charge in [0, 0.05) is 42.2 Å². The molecule has 0 spiro atoms. The van der Waals surface area contributed by atoms with Crippen LogP contribution in [0, 0.1) is 0 Å². The molecule has 1 atom stereocenters. The van der Waals surface area contributed by atoms with E-state index in [1.807, 2.05) is 28.5 Å². The summed E-state index contributed by atoms with van der Waals surface area (Å²) in [6.45, 7) is 6.83. The third-order valence-electron chi connectivity index (χ3n) is 4.86. The van der Waals surface area contributed by atoms with Gasteiger partial charge in [-0.1, -0.05) is 13.8 Å². The lowest BCUT2D eigenvalue weighted by molar-refractivity contribution is 0.0709. The van der Waals surface area contributed by atoms with E-state index < -0.39 is 0 Å². The van der Waals surface area contributed by atoms with E-state index in [-0.39, 0.29) is 11.9 Å². The van der Waals surface area contributed by atoms with Crippen LogP contribution in [-0.2, 0) is 0 Å². The molecule has 4 rings (SSSR count). The molecule has 1 N–H and O–H groups in total. The summed E-state index contributed by atoms with van der Waals surface area (Å²) in [5.74, 6) is 1.95. The van der Waals surface area contributed by atoms with Crippen LogP contribution in [0.4, 0.5) is 5.69 Å². The molecule has 6 nitrogen and oxygen atoms in total. The van der Waals surface area contributed by atoms with Crippen molar-refractivity contribution >= 4 is 22.9 Å². The average Bonchev–Trinajstić information content (AvgIpc) is 3.18. The Labute approximate surface area is 163 Å². The Kier molecular flexibility index (Phi) is 5.20. The summed E-state index contributed by atoms with van der Waals surface area (Å²) in [4.78, 5) is 19.3. The van der Waals surface area contributed by atoms with E-state index in [1.165, 1.54) is 0 Å². The highest BCUT2D eigenvalue weighted by Gasteiger charge is 2.26. The molecule has 0 bridgehead atoms. The molecule has 1 fully saturated rings. The van der Waals surface area contributed by atoms with Crippen LogP contribution in [0.5, 0.6) is 11.5 Å². The van der Waals surface area contributed by atoms with Crippen molar-refractivity contribution in [3.63, 3.8) is 0 Å². The predicted octanol–water partition coefficient (Wildman–Crippen LogP) is 3.75. The maximum absolute atomic E-state index is 12.8. The number of piperidine rings is 1. The molecule has 27 heavy (non-hydrogen) atoms. The molecule has 0 unspecified atom stereocenters. The quantitative estimate of drug-likeness (QED) is 0.866. The van der Waals surface area contributed by atoms with Crippen molar-refractivity contribution in [1.29, 1.82) is 0 Å². The van der Waals surface area contributed by atoms with Crippen molar-refractivity contribution in [2.75, 3.05) is 31.6 Å². The number of hydrogen-bond donors (Lipinski definition) is 1. The number of carbonyl (C=O) groups excluding carboxylic acids is 1. The molecule has 2 aromatic rings. The predicted molar refractivity (Wildman–Crippen MR) is 106 cm³/mol. The zero-order valence-corrected chi connectivity index (χ0v) is 16.6. The number of hydrogen-bond acceptors (Lipinski definition) is 6. The Morgan fingerprint density at radius 3 is 2.89 bits per heavy atom. The second kappa shape index (κ2) is 7.76. The molecule has 0 saturated carbocycles. The lowest BCUT2D eigenvalue weighted by Crippen LogP contribution is -2.45. The third kappa shape index (κ3) is 4.03. The highest BCUT2D eigenvalue weighted by atomic mass is 32.1. The largest absolute Gasteiger partial charge is 0.486 e. The molecular formula is C20H25N3O3S. The second-order valence-corrected chi connectivity index (χ2v) is 8.21. The summed E-state index contributed by atoms with van der Waals surface area (Å²) in [5.41, 5.74) is 1.57. The van der Waals surface area contributed by atoms with Gasteiger partial charge in [-0.05, 0) is 25.0 Å². The van der Waals surface area contributed by atoms with Crippen molar-refractivity contribution in [2.45, 2.75) is 38.6 Å². The fraction of sp³-hybridized carbons (Fsp3) is 0.500. The molecule has 1 saturated heterocycles. The van der Waals surface area contributed by atoms with Gasteiger partial charge in [-0.2, -0.15) is 0 Å². The number of nitrogens with one attached hydrogen (secondary N) is 1. The van der Waals surface area contributed by atoms with Crippen LogP contribution in [0.1, 0.15) is 48.1 Å². The smallest absolute Gasteiger partial charge is 0.273 e. The first kappa shape index (κ1) is 18.1. The molecular weight excluding hydrogens is 362 g/mol. The van der Waals surface area contributed by atoms with Crippen LogP contribution in [-0.4, -0.2) is 48.1 Å². The average molecular weight is 388 g/mol. The fourth-order valence-electron chi connectivity index (χ4n) is 3.46. The van der Waals surface area contributed by atoms with Crippen LogP contribution in [0.25, 0.3) is 0 Å². The number of anilines is 1. The number of nitrogens with zero attached hydrogens (tertiary/aromatic N) is 2. The summed E-state index contributed by atoms with van der Waals surface area (Å²) < 4.78 is 11.2. The standard InChI is InChI=1S/C20H25N3O3S/c1-13(2)19-22-16(12-27-19)20(24)23-7-3-4-15(11-23)21-14-5-6-17-18(10-14)26-9-8-25-17/h5-6,10,12-13,15,21H,3-4,7-9,11H2,1-2H3/t15-/m1/s1. The molecule has 1 aromatic carbocycles. The molecule has 3 heterocycles. The lowest BCUT2D eigenvalue weighted by atomic mass is 10.0. The SMILES string of the molecule is CC(C)c1nc(C(=O)N2CCC[C@@H](Nc3ccc4c(c3)OCCO4)C2)cs1. The fourth-order valence-corrected chi connectivity index (χ4v) is 4.27. The normalized spacial score (nSPS) is 19.2. The number of fused-ring (bicyclic) bond motifs is 1. The lowest BCUT2D eigenvalue weighted by Gasteiger charge is -2.33. The number of ether oxygens (including phenoxy) is 2. The van der Waals surface area contributed by atoms with Gasteiger partial charge in [0.25, 0.3) is 5.91 Å². The summed E-state index contributed by atoms with van der Waals surface area (Å²) in [7, 11) is 0. The number of rotatable bonds is 4. The van der Waals surface area contributed by atoms with Gasteiger partial charge < -0.3 is 19.7 Å². The van der Waals surface area contributed by atoms with Gasteiger partial charge in [0.2, 0.25) is 0 Å². The minimum atomic E-state index is 0.0341. The van der Waals surface area contributed by atoms with Crippen molar-refractivity contribution in [3.8, 4) is 11.5 Å². The molecule has 2 aliphatic rings. The summed E-state index contributed by atoms with van der Waals surface area (Å²) in [6.07, 6.45) is 2.02. The van der Waals surface area contributed by atoms with E-state index in [0.29, 0.717) is 31.4 Å². The second-order valence-electron chi connectivity index (χ2n) is 7.32. The van der Waals surface area contributed by atoms with Gasteiger partial charge in [-0.3, -0.25) is 4.79 Å². The van der Waals surface area contributed by atoms with E-state index in [9.17, 15) is 4.79 Å². The molecule has 2 aliphatic heterocycles. The van der Waals surface area contributed by atoms with E-state index in [0.717, 1.165) is 41.6 Å². The zero-order valence-electron chi connectivity index (χ0n) is 15.7. The van der Waals surface area contributed by atoms with Crippen molar-refractivity contribution in [2.24, 2.45) is 0 Å². The van der Waals surface area contributed by atoms with Crippen LogP contribution in [0.3, 0.4) is 0 Å². The highest BCUT2D eigenvalue weighted by Crippen LogP contribution is 2.33. The Morgan fingerprint density at radius 2 is 2.11 bits per heavy atom. The Balaban J connectivity index is 1.41.